The molecule has 11 nitrogen and oxygen atoms in total. The monoisotopic (exact) mass is 468 g/mol. The van der Waals surface area contributed by atoms with Crippen LogP contribution < -0.4 is 20.8 Å². The van der Waals surface area contributed by atoms with Crippen molar-refractivity contribution in [3.05, 3.63) is 54.1 Å². The van der Waals surface area contributed by atoms with Gasteiger partial charge in [0, 0.05) is 24.7 Å². The van der Waals surface area contributed by atoms with Gasteiger partial charge >= 0.3 is 5.97 Å². The van der Waals surface area contributed by atoms with E-state index in [4.69, 9.17) is 9.47 Å². The molecule has 3 rings (SSSR count). The lowest BCUT2D eigenvalue weighted by Crippen LogP contribution is -2.43. The Morgan fingerprint density at radius 1 is 1.00 bits per heavy atom. The van der Waals surface area contributed by atoms with Crippen molar-refractivity contribution < 1.29 is 33.4 Å². The molecule has 1 aliphatic rings. The fraction of sp³-hybridized carbons (Fsp3) is 0.261. The number of benzene rings is 2. The Bertz CT molecular complexity index is 1100. The number of hydrazine groups is 1. The standard InChI is InChI=1S/C23H24N4O7/c1-14(28)24-16-7-9-17(10-8-16)25-20(29)13-34-23(32)15-11-21(30)27(12-15)26-22(31)18-5-3-4-6-19(18)33-2/h3-10,15H,11-13H2,1-2H3,(H,24,28)(H,25,29)(H,26,31)/t15-/m1/s1. The molecule has 1 heterocycles. The first-order valence-corrected chi connectivity index (χ1v) is 10.4. The van der Waals surface area contributed by atoms with Crippen LogP contribution in [0.1, 0.15) is 23.7 Å². The number of carbonyl (C=O) groups is 5. The van der Waals surface area contributed by atoms with E-state index >= 15 is 0 Å². The average Bonchev–Trinajstić information content (AvgIpc) is 3.18. The molecule has 178 valence electrons. The maximum Gasteiger partial charge on any atom is 0.311 e. The predicted octanol–water partition coefficient (Wildman–Crippen LogP) is 1.33. The topological polar surface area (TPSA) is 143 Å². The van der Waals surface area contributed by atoms with Crippen LogP contribution in [0.25, 0.3) is 0 Å². The van der Waals surface area contributed by atoms with Crippen molar-refractivity contribution in [2.45, 2.75) is 13.3 Å². The van der Waals surface area contributed by atoms with E-state index in [1.165, 1.54) is 14.0 Å². The Balaban J connectivity index is 1.47. The molecule has 2 aromatic carbocycles. The van der Waals surface area contributed by atoms with Gasteiger partial charge < -0.3 is 20.1 Å². The Morgan fingerprint density at radius 3 is 2.29 bits per heavy atom. The largest absolute Gasteiger partial charge is 0.496 e. The van der Waals surface area contributed by atoms with Crippen LogP contribution in [0.15, 0.2) is 48.5 Å². The van der Waals surface area contributed by atoms with Crippen LogP contribution in [0.5, 0.6) is 5.75 Å². The van der Waals surface area contributed by atoms with E-state index in [1.807, 2.05) is 0 Å². The second-order valence-electron chi connectivity index (χ2n) is 7.46. The van der Waals surface area contributed by atoms with E-state index in [1.54, 1.807) is 48.5 Å². The summed E-state index contributed by atoms with van der Waals surface area (Å²) in [6, 6.07) is 12.9. The summed E-state index contributed by atoms with van der Waals surface area (Å²) in [5.74, 6) is -2.98. The quantitative estimate of drug-likeness (QED) is 0.496. The number of nitrogens with one attached hydrogen (secondary N) is 3. The second kappa shape index (κ2) is 10.9. The molecule has 1 fully saturated rings. The van der Waals surface area contributed by atoms with E-state index in [9.17, 15) is 24.0 Å². The third-order valence-corrected chi connectivity index (χ3v) is 4.88. The molecule has 0 aliphatic carbocycles. The smallest absolute Gasteiger partial charge is 0.311 e. The van der Waals surface area contributed by atoms with Gasteiger partial charge in [0.15, 0.2) is 6.61 Å². The zero-order valence-electron chi connectivity index (χ0n) is 18.6. The molecule has 11 heteroatoms. The van der Waals surface area contributed by atoms with Gasteiger partial charge in [-0.1, -0.05) is 12.1 Å². The van der Waals surface area contributed by atoms with E-state index in [0.717, 1.165) is 5.01 Å². The summed E-state index contributed by atoms with van der Waals surface area (Å²) in [7, 11) is 1.43. The Kier molecular flexibility index (Phi) is 7.80. The van der Waals surface area contributed by atoms with Crippen LogP contribution in [-0.4, -0.2) is 54.9 Å². The van der Waals surface area contributed by atoms with Gasteiger partial charge in [0.2, 0.25) is 11.8 Å². The summed E-state index contributed by atoms with van der Waals surface area (Å²) in [4.78, 5) is 60.2. The maximum atomic E-state index is 12.5. The minimum atomic E-state index is -0.824. The molecule has 34 heavy (non-hydrogen) atoms. The zero-order valence-corrected chi connectivity index (χ0v) is 18.6. The first-order valence-electron chi connectivity index (χ1n) is 10.4. The highest BCUT2D eigenvalue weighted by Gasteiger charge is 2.37. The van der Waals surface area contributed by atoms with E-state index < -0.39 is 36.2 Å². The molecule has 3 N–H and O–H groups in total. The van der Waals surface area contributed by atoms with Crippen LogP contribution >= 0.6 is 0 Å². The van der Waals surface area contributed by atoms with Gasteiger partial charge in [0.25, 0.3) is 11.8 Å². The van der Waals surface area contributed by atoms with Gasteiger partial charge in [-0.2, -0.15) is 0 Å². The van der Waals surface area contributed by atoms with E-state index in [0.29, 0.717) is 17.1 Å². The van der Waals surface area contributed by atoms with Crippen molar-refractivity contribution in [2.75, 3.05) is 30.9 Å². The van der Waals surface area contributed by atoms with Gasteiger partial charge in [-0.25, -0.2) is 0 Å². The Hall–Kier alpha value is -4.41. The number of hydrogen-bond acceptors (Lipinski definition) is 7. The summed E-state index contributed by atoms with van der Waals surface area (Å²) in [6.07, 6.45) is -0.155. The van der Waals surface area contributed by atoms with Crippen molar-refractivity contribution >= 4 is 41.0 Å². The average molecular weight is 468 g/mol. The van der Waals surface area contributed by atoms with Crippen molar-refractivity contribution in [1.29, 1.82) is 0 Å². The highest BCUT2D eigenvalue weighted by Crippen LogP contribution is 2.20. The lowest BCUT2D eigenvalue weighted by Gasteiger charge is -2.18. The van der Waals surface area contributed by atoms with Crippen molar-refractivity contribution in [1.82, 2.24) is 10.4 Å². The number of amides is 4. The van der Waals surface area contributed by atoms with Gasteiger partial charge in [-0.05, 0) is 36.4 Å². The molecule has 0 spiro atoms. The third kappa shape index (κ3) is 6.31. The molecular formula is C23H24N4O7. The number of methoxy groups -OCH3 is 1. The van der Waals surface area contributed by atoms with E-state index in [2.05, 4.69) is 16.1 Å². The summed E-state index contributed by atoms with van der Waals surface area (Å²) < 4.78 is 10.2. The van der Waals surface area contributed by atoms with Crippen LogP contribution in [0.2, 0.25) is 0 Å². The molecule has 0 aromatic heterocycles. The first-order chi connectivity index (χ1) is 16.3. The number of anilines is 2. The second-order valence-corrected chi connectivity index (χ2v) is 7.46. The third-order valence-electron chi connectivity index (χ3n) is 4.88. The highest BCUT2D eigenvalue weighted by molar-refractivity contribution is 5.99. The lowest BCUT2D eigenvalue weighted by molar-refractivity contribution is -0.151. The normalized spacial score (nSPS) is 14.8. The SMILES string of the molecule is COc1ccccc1C(=O)NN1C[C@H](C(=O)OCC(=O)Nc2ccc(NC(C)=O)cc2)CC1=O. The molecule has 4 amide bonds. The number of esters is 1. The van der Waals surface area contributed by atoms with Crippen LogP contribution in [0, 0.1) is 5.92 Å². The molecule has 0 saturated carbocycles. The number of para-hydroxylation sites is 1. The number of ether oxygens (including phenoxy) is 2. The van der Waals surface area contributed by atoms with Crippen molar-refractivity contribution in [3.8, 4) is 5.75 Å². The van der Waals surface area contributed by atoms with Gasteiger partial charge in [-0.15, -0.1) is 0 Å². The maximum absolute atomic E-state index is 12.5. The summed E-state index contributed by atoms with van der Waals surface area (Å²) in [6.45, 7) is 0.769. The number of nitrogens with zero attached hydrogens (tertiary/aromatic N) is 1. The van der Waals surface area contributed by atoms with Gasteiger partial charge in [0.1, 0.15) is 5.75 Å². The molecule has 1 atom stereocenters. The predicted molar refractivity (Wildman–Crippen MR) is 121 cm³/mol. The number of rotatable bonds is 8. The molecule has 2 aromatic rings. The first kappa shape index (κ1) is 24.2. The molecule has 1 aliphatic heterocycles. The minimum Gasteiger partial charge on any atom is -0.496 e. The summed E-state index contributed by atoms with van der Waals surface area (Å²) >= 11 is 0. The van der Waals surface area contributed by atoms with Crippen LogP contribution in [-0.2, 0) is 23.9 Å². The molecular weight excluding hydrogens is 444 g/mol. The fourth-order valence-electron chi connectivity index (χ4n) is 3.28. The van der Waals surface area contributed by atoms with Crippen molar-refractivity contribution in [2.24, 2.45) is 5.92 Å². The molecule has 1 saturated heterocycles. The van der Waals surface area contributed by atoms with Gasteiger partial charge in [-0.3, -0.25) is 34.4 Å². The highest BCUT2D eigenvalue weighted by atomic mass is 16.5. The van der Waals surface area contributed by atoms with Crippen molar-refractivity contribution in [3.63, 3.8) is 0 Å². The zero-order chi connectivity index (χ0) is 24.7. The molecule has 0 unspecified atom stereocenters. The summed E-state index contributed by atoms with van der Waals surface area (Å²) in [5, 5.41) is 6.22. The summed E-state index contributed by atoms with van der Waals surface area (Å²) in [5.41, 5.74) is 3.74. The van der Waals surface area contributed by atoms with E-state index in [-0.39, 0.29) is 24.4 Å². The lowest BCUT2D eigenvalue weighted by atomic mass is 10.1. The van der Waals surface area contributed by atoms with Crippen LogP contribution in [0.4, 0.5) is 11.4 Å². The fourth-order valence-corrected chi connectivity index (χ4v) is 3.28. The Morgan fingerprint density at radius 2 is 1.65 bits per heavy atom. The Labute approximate surface area is 195 Å². The molecule has 0 bridgehead atoms. The molecule has 0 radical (unpaired) electrons. The van der Waals surface area contributed by atoms with Gasteiger partial charge in [0.05, 0.1) is 25.1 Å². The minimum absolute atomic E-state index is 0.0786. The number of carbonyl (C=O) groups excluding carboxylic acids is 5. The van der Waals surface area contributed by atoms with Crippen LogP contribution in [0.3, 0.4) is 0 Å². The number of hydrogen-bond donors (Lipinski definition) is 3.